The van der Waals surface area contributed by atoms with Gasteiger partial charge in [-0.15, -0.1) is 11.8 Å². The highest BCUT2D eigenvalue weighted by Crippen LogP contribution is 2.14. The Labute approximate surface area is 89.0 Å². The monoisotopic (exact) mass is 228 g/mol. The standard InChI is InChI=1S/C10H12O2S2/c1-9-3-5-10(6-4-9)14(11,12)8-7-13-2/h3-8H,1-2H3. The third-order valence-corrected chi connectivity index (χ3v) is 3.72. The lowest BCUT2D eigenvalue weighted by molar-refractivity contribution is 0.604. The maximum absolute atomic E-state index is 11.6. The maximum atomic E-state index is 11.6. The first-order chi connectivity index (χ1) is 6.56. The van der Waals surface area contributed by atoms with Gasteiger partial charge in [0.1, 0.15) is 0 Å². The molecule has 0 heterocycles. The van der Waals surface area contributed by atoms with Crippen molar-refractivity contribution in [3.63, 3.8) is 0 Å². The largest absolute Gasteiger partial charge is 0.219 e. The predicted molar refractivity (Wildman–Crippen MR) is 61.0 cm³/mol. The molecule has 0 bridgehead atoms. The molecule has 4 heteroatoms. The van der Waals surface area contributed by atoms with Crippen molar-refractivity contribution in [1.82, 2.24) is 0 Å². The van der Waals surface area contributed by atoms with E-state index in [0.717, 1.165) is 5.56 Å². The van der Waals surface area contributed by atoms with Gasteiger partial charge in [0.15, 0.2) is 9.84 Å². The van der Waals surface area contributed by atoms with Crippen molar-refractivity contribution < 1.29 is 8.42 Å². The van der Waals surface area contributed by atoms with E-state index in [2.05, 4.69) is 0 Å². The van der Waals surface area contributed by atoms with Crippen LogP contribution < -0.4 is 0 Å². The van der Waals surface area contributed by atoms with Gasteiger partial charge in [-0.05, 0) is 30.7 Å². The first kappa shape index (κ1) is 11.3. The molecule has 0 saturated carbocycles. The Morgan fingerprint density at radius 3 is 2.29 bits per heavy atom. The molecule has 0 unspecified atom stereocenters. The van der Waals surface area contributed by atoms with Crippen molar-refractivity contribution in [2.45, 2.75) is 11.8 Å². The summed E-state index contributed by atoms with van der Waals surface area (Å²) in [5, 5.41) is 2.79. The molecule has 14 heavy (non-hydrogen) atoms. The van der Waals surface area contributed by atoms with Crippen molar-refractivity contribution >= 4 is 21.6 Å². The van der Waals surface area contributed by atoms with Crippen LogP contribution in [0.25, 0.3) is 0 Å². The minimum atomic E-state index is -3.24. The van der Waals surface area contributed by atoms with Gasteiger partial charge in [0.2, 0.25) is 0 Å². The van der Waals surface area contributed by atoms with E-state index in [9.17, 15) is 8.42 Å². The lowest BCUT2D eigenvalue weighted by Gasteiger charge is -1.98. The van der Waals surface area contributed by atoms with Gasteiger partial charge >= 0.3 is 0 Å². The van der Waals surface area contributed by atoms with Crippen LogP contribution in [0.2, 0.25) is 0 Å². The number of sulfone groups is 1. The van der Waals surface area contributed by atoms with Crippen molar-refractivity contribution in [3.8, 4) is 0 Å². The van der Waals surface area contributed by atoms with Crippen LogP contribution in [0.1, 0.15) is 5.56 Å². The van der Waals surface area contributed by atoms with Gasteiger partial charge in [0.05, 0.1) is 4.90 Å². The average Bonchev–Trinajstić information content (AvgIpc) is 2.16. The summed E-state index contributed by atoms with van der Waals surface area (Å²) in [5.74, 6) is 0. The zero-order valence-electron chi connectivity index (χ0n) is 8.10. The highest BCUT2D eigenvalue weighted by Gasteiger charge is 2.08. The smallest absolute Gasteiger partial charge is 0.200 e. The maximum Gasteiger partial charge on any atom is 0.200 e. The third-order valence-electron chi connectivity index (χ3n) is 1.72. The molecule has 0 N–H and O–H groups in total. The van der Waals surface area contributed by atoms with E-state index in [-0.39, 0.29) is 0 Å². The molecule has 0 fully saturated rings. The van der Waals surface area contributed by atoms with E-state index in [4.69, 9.17) is 0 Å². The van der Waals surface area contributed by atoms with Crippen LogP contribution in [0, 0.1) is 6.92 Å². The van der Waals surface area contributed by atoms with E-state index in [0.29, 0.717) is 4.90 Å². The van der Waals surface area contributed by atoms with Gasteiger partial charge in [-0.1, -0.05) is 17.7 Å². The number of benzene rings is 1. The fourth-order valence-corrected chi connectivity index (χ4v) is 2.64. The molecule has 1 rings (SSSR count). The Morgan fingerprint density at radius 2 is 1.79 bits per heavy atom. The second-order valence-corrected chi connectivity index (χ2v) is 5.44. The number of aryl methyl sites for hydroxylation is 1. The molecule has 0 amide bonds. The average molecular weight is 228 g/mol. The molecule has 0 saturated heterocycles. The van der Waals surface area contributed by atoms with Crippen LogP contribution in [0.3, 0.4) is 0 Å². The first-order valence-corrected chi connectivity index (χ1v) is 6.91. The summed E-state index contributed by atoms with van der Waals surface area (Å²) in [4.78, 5) is 0.341. The third kappa shape index (κ3) is 2.89. The van der Waals surface area contributed by atoms with Gasteiger partial charge in [0.25, 0.3) is 0 Å². The van der Waals surface area contributed by atoms with Crippen molar-refractivity contribution in [3.05, 3.63) is 40.6 Å². The number of hydrogen-bond acceptors (Lipinski definition) is 3. The lowest BCUT2D eigenvalue weighted by atomic mass is 10.2. The minimum absolute atomic E-state index is 0.341. The lowest BCUT2D eigenvalue weighted by Crippen LogP contribution is -1.95. The minimum Gasteiger partial charge on any atom is -0.219 e. The van der Waals surface area contributed by atoms with Crippen LogP contribution >= 0.6 is 11.8 Å². The molecule has 0 radical (unpaired) electrons. The van der Waals surface area contributed by atoms with E-state index in [1.807, 2.05) is 13.2 Å². The highest BCUT2D eigenvalue weighted by molar-refractivity contribution is 8.02. The Bertz CT molecular complexity index is 416. The fraction of sp³-hybridized carbons (Fsp3) is 0.200. The summed E-state index contributed by atoms with van der Waals surface area (Å²) in [7, 11) is -3.24. The van der Waals surface area contributed by atoms with Gasteiger partial charge < -0.3 is 0 Å². The molecule has 0 atom stereocenters. The zero-order valence-corrected chi connectivity index (χ0v) is 9.73. The van der Waals surface area contributed by atoms with Crippen molar-refractivity contribution in [1.29, 1.82) is 0 Å². The Hall–Kier alpha value is -0.740. The molecule has 0 spiro atoms. The summed E-state index contributed by atoms with van der Waals surface area (Å²) in [5.41, 5.74) is 1.05. The van der Waals surface area contributed by atoms with Crippen LogP contribution in [0.4, 0.5) is 0 Å². The molecular formula is C10H12O2S2. The van der Waals surface area contributed by atoms with E-state index < -0.39 is 9.84 Å². The molecule has 0 aliphatic heterocycles. The van der Waals surface area contributed by atoms with Gasteiger partial charge in [0, 0.05) is 5.41 Å². The molecule has 1 aromatic rings. The summed E-state index contributed by atoms with van der Waals surface area (Å²) in [6.45, 7) is 1.92. The molecule has 76 valence electrons. The normalized spacial score (nSPS) is 12.1. The van der Waals surface area contributed by atoms with E-state index in [1.54, 1.807) is 29.7 Å². The predicted octanol–water partition coefficient (Wildman–Crippen LogP) is 2.60. The van der Waals surface area contributed by atoms with Crippen LogP contribution in [-0.2, 0) is 9.84 Å². The zero-order chi connectivity index (χ0) is 10.6. The Morgan fingerprint density at radius 1 is 1.21 bits per heavy atom. The molecule has 0 aliphatic rings. The van der Waals surface area contributed by atoms with Gasteiger partial charge in [-0.25, -0.2) is 8.42 Å². The summed E-state index contributed by atoms with van der Waals surface area (Å²) in [6, 6.07) is 6.82. The molecule has 1 aromatic carbocycles. The first-order valence-electron chi connectivity index (χ1n) is 4.07. The Kier molecular flexibility index (Phi) is 3.77. The summed E-state index contributed by atoms with van der Waals surface area (Å²) < 4.78 is 23.2. The van der Waals surface area contributed by atoms with Crippen molar-refractivity contribution in [2.24, 2.45) is 0 Å². The molecule has 2 nitrogen and oxygen atoms in total. The molecule has 0 aromatic heterocycles. The molecule has 0 aliphatic carbocycles. The topological polar surface area (TPSA) is 34.1 Å². The summed E-state index contributed by atoms with van der Waals surface area (Å²) in [6.07, 6.45) is 1.82. The van der Waals surface area contributed by atoms with E-state index in [1.165, 1.54) is 17.2 Å². The Balaban J connectivity index is 3.05. The SMILES string of the molecule is CSC=CS(=O)(=O)c1ccc(C)cc1. The van der Waals surface area contributed by atoms with Gasteiger partial charge in [-0.3, -0.25) is 0 Å². The van der Waals surface area contributed by atoms with Crippen LogP contribution in [-0.4, -0.2) is 14.7 Å². The number of rotatable bonds is 3. The fourth-order valence-electron chi connectivity index (χ4n) is 0.935. The second-order valence-electron chi connectivity index (χ2n) is 2.87. The highest BCUT2D eigenvalue weighted by atomic mass is 32.2. The molecular weight excluding hydrogens is 216 g/mol. The van der Waals surface area contributed by atoms with Crippen molar-refractivity contribution in [2.75, 3.05) is 6.26 Å². The van der Waals surface area contributed by atoms with E-state index >= 15 is 0 Å². The quantitative estimate of drug-likeness (QED) is 0.797. The van der Waals surface area contributed by atoms with Crippen LogP contribution in [0.15, 0.2) is 40.0 Å². The number of thioether (sulfide) groups is 1. The second kappa shape index (κ2) is 4.66. The van der Waals surface area contributed by atoms with Gasteiger partial charge in [-0.2, -0.15) is 0 Å². The van der Waals surface area contributed by atoms with Crippen LogP contribution in [0.5, 0.6) is 0 Å². The summed E-state index contributed by atoms with van der Waals surface area (Å²) >= 11 is 1.37. The number of hydrogen-bond donors (Lipinski definition) is 0.